The summed E-state index contributed by atoms with van der Waals surface area (Å²) in [4.78, 5) is 41.6. The van der Waals surface area contributed by atoms with Crippen molar-refractivity contribution >= 4 is 17.5 Å². The summed E-state index contributed by atoms with van der Waals surface area (Å²) in [5, 5.41) is 0. The fourth-order valence-corrected chi connectivity index (χ4v) is 5.13. The van der Waals surface area contributed by atoms with Crippen LogP contribution >= 0.6 is 0 Å². The molecule has 9 nitrogen and oxygen atoms in total. The minimum atomic E-state index is -0.136. The Hall–Kier alpha value is -3.85. The number of ether oxygens (including phenoxy) is 1. The molecule has 0 aliphatic carbocycles. The number of rotatable bonds is 8. The third-order valence-corrected chi connectivity index (χ3v) is 7.38. The van der Waals surface area contributed by atoms with Crippen LogP contribution in [-0.4, -0.2) is 85.1 Å². The lowest BCUT2D eigenvalue weighted by molar-refractivity contribution is -0.131. The Labute approximate surface area is 223 Å². The molecule has 9 heteroatoms. The highest BCUT2D eigenvalue weighted by molar-refractivity contribution is 5.76. The van der Waals surface area contributed by atoms with Crippen LogP contribution in [0.15, 0.2) is 65.5 Å². The number of piperazine rings is 2. The van der Waals surface area contributed by atoms with E-state index < -0.39 is 0 Å². The average Bonchev–Trinajstić information content (AvgIpc) is 2.97. The summed E-state index contributed by atoms with van der Waals surface area (Å²) in [6.45, 7) is 6.87. The van der Waals surface area contributed by atoms with Gasteiger partial charge >= 0.3 is 0 Å². The Morgan fingerprint density at radius 3 is 2.26 bits per heavy atom. The van der Waals surface area contributed by atoms with Crippen molar-refractivity contribution in [3.63, 3.8) is 0 Å². The van der Waals surface area contributed by atoms with E-state index in [0.29, 0.717) is 45.1 Å². The van der Waals surface area contributed by atoms with Gasteiger partial charge in [0.25, 0.3) is 5.56 Å². The summed E-state index contributed by atoms with van der Waals surface area (Å²) in [6.07, 6.45) is 1.27. The van der Waals surface area contributed by atoms with Crippen molar-refractivity contribution in [3.05, 3.63) is 82.3 Å². The maximum Gasteiger partial charge on any atom is 0.252 e. The van der Waals surface area contributed by atoms with E-state index in [2.05, 4.69) is 43.9 Å². The molecule has 0 radical (unpaired) electrons. The lowest BCUT2D eigenvalue weighted by atomic mass is 10.1. The molecule has 3 heterocycles. The van der Waals surface area contributed by atoms with Gasteiger partial charge in [0, 0.05) is 77.1 Å². The second-order valence-corrected chi connectivity index (χ2v) is 9.87. The van der Waals surface area contributed by atoms with Crippen molar-refractivity contribution in [2.45, 2.75) is 19.4 Å². The molecular weight excluding hydrogens is 480 g/mol. The fourth-order valence-electron chi connectivity index (χ4n) is 5.13. The number of aromatic amines is 1. The van der Waals surface area contributed by atoms with Gasteiger partial charge in [0.2, 0.25) is 11.9 Å². The zero-order chi connectivity index (χ0) is 26.3. The number of hydrogen-bond acceptors (Lipinski definition) is 7. The summed E-state index contributed by atoms with van der Waals surface area (Å²) in [5.41, 5.74) is 3.02. The Morgan fingerprint density at radius 2 is 1.58 bits per heavy atom. The molecule has 1 N–H and O–H groups in total. The molecule has 0 spiro atoms. The van der Waals surface area contributed by atoms with Gasteiger partial charge in [0.1, 0.15) is 5.75 Å². The molecule has 2 aliphatic heterocycles. The zero-order valence-corrected chi connectivity index (χ0v) is 22.0. The van der Waals surface area contributed by atoms with Crippen LogP contribution in [0.2, 0.25) is 0 Å². The third kappa shape index (κ3) is 6.52. The van der Waals surface area contributed by atoms with Crippen molar-refractivity contribution in [2.24, 2.45) is 0 Å². The maximum atomic E-state index is 12.7. The molecule has 2 saturated heterocycles. The van der Waals surface area contributed by atoms with Crippen molar-refractivity contribution in [1.29, 1.82) is 0 Å². The molecule has 2 aliphatic rings. The number of anilines is 2. The molecule has 1 aromatic heterocycles. The molecule has 0 unspecified atom stereocenters. The van der Waals surface area contributed by atoms with Crippen LogP contribution in [0.4, 0.5) is 11.6 Å². The first-order valence-electron chi connectivity index (χ1n) is 13.4. The number of amides is 1. The molecule has 2 fully saturated rings. The van der Waals surface area contributed by atoms with Gasteiger partial charge in [-0.2, -0.15) is 0 Å². The van der Waals surface area contributed by atoms with Crippen molar-refractivity contribution < 1.29 is 9.53 Å². The SMILES string of the molecule is COc1ccc(N2CCN(Cc3cc(=O)[nH]c(N4CCN(C(=O)CCc5ccccc5)CC4)n3)CC2)cc1. The number of carbonyl (C=O) groups excluding carboxylic acids is 1. The van der Waals surface area contributed by atoms with Gasteiger partial charge in [-0.15, -0.1) is 0 Å². The van der Waals surface area contributed by atoms with Gasteiger partial charge < -0.3 is 19.4 Å². The molecular formula is C29H36N6O3. The Kier molecular flexibility index (Phi) is 8.23. The largest absolute Gasteiger partial charge is 0.497 e. The second-order valence-electron chi connectivity index (χ2n) is 9.87. The third-order valence-electron chi connectivity index (χ3n) is 7.38. The van der Waals surface area contributed by atoms with Crippen LogP contribution in [0.5, 0.6) is 5.75 Å². The lowest BCUT2D eigenvalue weighted by Gasteiger charge is -2.36. The standard InChI is InChI=1S/C29H36N6O3/c1-38-26-10-8-25(9-11-26)33-15-13-32(14-16-33)22-24-21-27(36)31-29(30-24)35-19-17-34(18-20-35)28(37)12-7-23-5-3-2-4-6-23/h2-6,8-11,21H,7,12-20,22H2,1H3,(H,30,31,36). The molecule has 200 valence electrons. The molecule has 0 saturated carbocycles. The van der Waals surface area contributed by atoms with E-state index in [1.54, 1.807) is 13.2 Å². The van der Waals surface area contributed by atoms with Crippen LogP contribution in [0.25, 0.3) is 0 Å². The number of methoxy groups -OCH3 is 1. The molecule has 5 rings (SSSR count). The maximum absolute atomic E-state index is 12.7. The minimum absolute atomic E-state index is 0.136. The molecule has 38 heavy (non-hydrogen) atoms. The van der Waals surface area contributed by atoms with Crippen molar-refractivity contribution in [1.82, 2.24) is 19.8 Å². The van der Waals surface area contributed by atoms with Crippen LogP contribution < -0.4 is 20.1 Å². The first kappa shape index (κ1) is 25.8. The van der Waals surface area contributed by atoms with Gasteiger partial charge in [-0.25, -0.2) is 4.98 Å². The number of nitrogens with one attached hydrogen (secondary N) is 1. The number of carbonyl (C=O) groups is 1. The van der Waals surface area contributed by atoms with Crippen LogP contribution in [-0.2, 0) is 17.8 Å². The van der Waals surface area contributed by atoms with E-state index in [1.807, 2.05) is 35.2 Å². The summed E-state index contributed by atoms with van der Waals surface area (Å²) in [6, 6.07) is 19.9. The fraction of sp³-hybridized carbons (Fsp3) is 0.414. The summed E-state index contributed by atoms with van der Waals surface area (Å²) < 4.78 is 5.26. The molecule has 0 atom stereocenters. The second kappa shape index (κ2) is 12.1. The number of hydrogen-bond donors (Lipinski definition) is 1. The Bertz CT molecular complexity index is 1250. The lowest BCUT2D eigenvalue weighted by Crippen LogP contribution is -2.49. The zero-order valence-electron chi connectivity index (χ0n) is 22.0. The number of aryl methyl sites for hydroxylation is 1. The Balaban J connectivity index is 1.11. The average molecular weight is 517 g/mol. The minimum Gasteiger partial charge on any atom is -0.497 e. The highest BCUT2D eigenvalue weighted by Crippen LogP contribution is 2.21. The predicted molar refractivity (Wildman–Crippen MR) is 149 cm³/mol. The monoisotopic (exact) mass is 516 g/mol. The number of H-pyrrole nitrogens is 1. The van der Waals surface area contributed by atoms with Gasteiger partial charge in [-0.3, -0.25) is 19.5 Å². The van der Waals surface area contributed by atoms with Crippen LogP contribution in [0, 0.1) is 0 Å². The highest BCUT2D eigenvalue weighted by Gasteiger charge is 2.23. The Morgan fingerprint density at radius 1 is 0.895 bits per heavy atom. The van der Waals surface area contributed by atoms with Crippen LogP contribution in [0.1, 0.15) is 17.7 Å². The smallest absolute Gasteiger partial charge is 0.252 e. The van der Waals surface area contributed by atoms with E-state index in [4.69, 9.17) is 9.72 Å². The summed E-state index contributed by atoms with van der Waals surface area (Å²) in [5.74, 6) is 1.64. The molecule has 1 amide bonds. The number of nitrogens with zero attached hydrogens (tertiary/aromatic N) is 5. The summed E-state index contributed by atoms with van der Waals surface area (Å²) in [7, 11) is 1.68. The van der Waals surface area contributed by atoms with E-state index in [0.717, 1.165) is 44.0 Å². The predicted octanol–water partition coefficient (Wildman–Crippen LogP) is 2.38. The van der Waals surface area contributed by atoms with Crippen molar-refractivity contribution in [2.75, 3.05) is 69.3 Å². The normalized spacial score (nSPS) is 16.5. The topological polar surface area (TPSA) is 85.0 Å². The molecule has 3 aromatic rings. The van der Waals surface area contributed by atoms with Crippen molar-refractivity contribution in [3.8, 4) is 5.75 Å². The summed E-state index contributed by atoms with van der Waals surface area (Å²) >= 11 is 0. The number of aromatic nitrogens is 2. The molecule has 0 bridgehead atoms. The van der Waals surface area contributed by atoms with E-state index in [1.165, 1.54) is 11.3 Å². The van der Waals surface area contributed by atoms with E-state index in [-0.39, 0.29) is 11.5 Å². The van der Waals surface area contributed by atoms with Gasteiger partial charge in [0.05, 0.1) is 12.8 Å². The van der Waals surface area contributed by atoms with Gasteiger partial charge in [-0.1, -0.05) is 30.3 Å². The van der Waals surface area contributed by atoms with Gasteiger partial charge in [-0.05, 0) is 36.2 Å². The van der Waals surface area contributed by atoms with E-state index >= 15 is 0 Å². The first-order valence-corrected chi connectivity index (χ1v) is 13.4. The van der Waals surface area contributed by atoms with E-state index in [9.17, 15) is 9.59 Å². The van der Waals surface area contributed by atoms with Crippen LogP contribution in [0.3, 0.4) is 0 Å². The molecule has 2 aromatic carbocycles. The highest BCUT2D eigenvalue weighted by atomic mass is 16.5. The first-order chi connectivity index (χ1) is 18.6. The number of benzene rings is 2. The quantitative estimate of drug-likeness (QED) is 0.492. The van der Waals surface area contributed by atoms with Gasteiger partial charge in [0.15, 0.2) is 0 Å².